The van der Waals surface area contributed by atoms with Crippen LogP contribution < -0.4 is 21.9 Å². The molecule has 3 rings (SSSR count). The molecular formula is C19H23FN6O3. The van der Waals surface area contributed by atoms with Gasteiger partial charge >= 0.3 is 5.69 Å². The first kappa shape index (κ1) is 20.3. The molecule has 154 valence electrons. The molecule has 0 saturated heterocycles. The van der Waals surface area contributed by atoms with Gasteiger partial charge in [0.15, 0.2) is 11.2 Å². The highest BCUT2D eigenvalue weighted by Crippen LogP contribution is 2.18. The number of benzene rings is 1. The number of nitrogens with zero attached hydrogens (tertiary/aromatic N) is 4. The summed E-state index contributed by atoms with van der Waals surface area (Å²) in [6.45, 7) is 2.78. The Hall–Kier alpha value is -3.43. The van der Waals surface area contributed by atoms with Gasteiger partial charge in [-0.05, 0) is 17.7 Å². The van der Waals surface area contributed by atoms with Crippen LogP contribution in [0.5, 0.6) is 0 Å². The smallest absolute Gasteiger partial charge is 0.332 e. The summed E-state index contributed by atoms with van der Waals surface area (Å²) in [6, 6.07) is 5.93. The van der Waals surface area contributed by atoms with Crippen LogP contribution >= 0.6 is 0 Å². The third-order valence-electron chi connectivity index (χ3n) is 4.65. The molecule has 0 unspecified atom stereocenters. The van der Waals surface area contributed by atoms with Crippen LogP contribution in [0.1, 0.15) is 18.9 Å². The first-order valence-corrected chi connectivity index (χ1v) is 9.24. The van der Waals surface area contributed by atoms with Crippen LogP contribution in [-0.4, -0.2) is 37.7 Å². The number of rotatable bonds is 7. The molecule has 10 heteroatoms. The molecule has 0 aliphatic heterocycles. The van der Waals surface area contributed by atoms with Gasteiger partial charge in [0.1, 0.15) is 5.82 Å². The molecule has 1 amide bonds. The van der Waals surface area contributed by atoms with Crippen LogP contribution in [0.15, 0.2) is 33.9 Å². The molecule has 0 atom stereocenters. The van der Waals surface area contributed by atoms with Crippen molar-refractivity contribution in [3.8, 4) is 0 Å². The predicted octanol–water partition coefficient (Wildman–Crippen LogP) is 0.559. The topological polar surface area (TPSA) is 103 Å². The zero-order valence-electron chi connectivity index (χ0n) is 16.5. The van der Waals surface area contributed by atoms with E-state index in [0.717, 1.165) is 10.1 Å². The maximum atomic E-state index is 13.3. The highest BCUT2D eigenvalue weighted by molar-refractivity contribution is 5.76. The number of hydrogen-bond acceptors (Lipinski definition) is 5. The summed E-state index contributed by atoms with van der Waals surface area (Å²) in [6.07, 6.45) is 0.390. The quantitative estimate of drug-likeness (QED) is 0.562. The molecule has 0 aliphatic carbocycles. The molecule has 1 aromatic carbocycles. The number of fused-ring (bicyclic) bond motifs is 1. The van der Waals surface area contributed by atoms with Crippen LogP contribution in [0.3, 0.4) is 0 Å². The van der Waals surface area contributed by atoms with Gasteiger partial charge in [-0.2, -0.15) is 4.98 Å². The Morgan fingerprint density at radius 1 is 1.10 bits per heavy atom. The van der Waals surface area contributed by atoms with Crippen molar-refractivity contribution in [1.29, 1.82) is 0 Å². The van der Waals surface area contributed by atoms with Gasteiger partial charge in [-0.25, -0.2) is 9.18 Å². The van der Waals surface area contributed by atoms with E-state index in [1.165, 1.54) is 23.7 Å². The Balaban J connectivity index is 2.03. The first-order chi connectivity index (χ1) is 13.8. The molecule has 2 N–H and O–H groups in total. The van der Waals surface area contributed by atoms with E-state index < -0.39 is 11.2 Å². The summed E-state index contributed by atoms with van der Waals surface area (Å²) in [5.41, 5.74) is 0.337. The van der Waals surface area contributed by atoms with E-state index in [0.29, 0.717) is 25.5 Å². The fourth-order valence-electron chi connectivity index (χ4n) is 3.01. The number of imidazole rings is 1. The predicted molar refractivity (Wildman–Crippen MR) is 108 cm³/mol. The summed E-state index contributed by atoms with van der Waals surface area (Å²) >= 11 is 0. The van der Waals surface area contributed by atoms with Crippen LogP contribution in [0, 0.1) is 5.82 Å². The van der Waals surface area contributed by atoms with Gasteiger partial charge in [-0.1, -0.05) is 19.1 Å². The number of amides is 1. The highest BCUT2D eigenvalue weighted by atomic mass is 19.1. The lowest BCUT2D eigenvalue weighted by molar-refractivity contribution is -0.120. The lowest BCUT2D eigenvalue weighted by Crippen LogP contribution is -2.37. The van der Waals surface area contributed by atoms with Crippen molar-refractivity contribution in [2.45, 2.75) is 19.9 Å². The van der Waals surface area contributed by atoms with Gasteiger partial charge in [-0.15, -0.1) is 0 Å². The van der Waals surface area contributed by atoms with Crippen molar-refractivity contribution in [1.82, 2.24) is 24.0 Å². The number of halogens is 1. The Labute approximate surface area is 165 Å². The average molecular weight is 402 g/mol. The summed E-state index contributed by atoms with van der Waals surface area (Å²) in [4.78, 5) is 40.9. The maximum absolute atomic E-state index is 13.3. The van der Waals surface area contributed by atoms with Crippen molar-refractivity contribution in [2.24, 2.45) is 14.1 Å². The third kappa shape index (κ3) is 4.05. The number of carbonyl (C=O) groups is 1. The van der Waals surface area contributed by atoms with Crippen molar-refractivity contribution in [3.05, 3.63) is 56.5 Å². The number of anilines is 1. The Morgan fingerprint density at radius 3 is 2.45 bits per heavy atom. The normalized spacial score (nSPS) is 11.0. The van der Waals surface area contributed by atoms with Crippen molar-refractivity contribution in [3.63, 3.8) is 0 Å². The molecule has 2 heterocycles. The van der Waals surface area contributed by atoms with Crippen molar-refractivity contribution in [2.75, 3.05) is 18.4 Å². The minimum Gasteiger partial charge on any atom is -0.354 e. The number of aromatic nitrogens is 4. The molecule has 0 saturated carbocycles. The van der Waals surface area contributed by atoms with Crippen molar-refractivity contribution < 1.29 is 9.18 Å². The van der Waals surface area contributed by atoms with E-state index in [1.807, 2.05) is 0 Å². The molecule has 2 aromatic heterocycles. The van der Waals surface area contributed by atoms with E-state index in [2.05, 4.69) is 15.6 Å². The molecule has 3 aromatic rings. The minimum atomic E-state index is -0.476. The summed E-state index contributed by atoms with van der Waals surface area (Å²) in [5.74, 6) is -0.0381. The van der Waals surface area contributed by atoms with Crippen LogP contribution in [0.2, 0.25) is 0 Å². The van der Waals surface area contributed by atoms with E-state index in [1.54, 1.807) is 30.7 Å². The number of hydrogen-bond donors (Lipinski definition) is 2. The molecule has 29 heavy (non-hydrogen) atoms. The third-order valence-corrected chi connectivity index (χ3v) is 4.65. The highest BCUT2D eigenvalue weighted by Gasteiger charge is 2.19. The van der Waals surface area contributed by atoms with Crippen LogP contribution in [0.25, 0.3) is 11.2 Å². The second kappa shape index (κ2) is 8.29. The molecular weight excluding hydrogens is 379 g/mol. The molecule has 0 aliphatic rings. The fraction of sp³-hybridized carbons (Fsp3) is 0.368. The molecule has 9 nitrogen and oxygen atoms in total. The number of aryl methyl sites for hydroxylation is 1. The van der Waals surface area contributed by atoms with E-state index in [-0.39, 0.29) is 29.4 Å². The summed E-state index contributed by atoms with van der Waals surface area (Å²) < 4.78 is 17.2. The molecule has 0 fully saturated rings. The maximum Gasteiger partial charge on any atom is 0.332 e. The van der Waals surface area contributed by atoms with Crippen molar-refractivity contribution >= 4 is 23.0 Å². The second-order valence-electron chi connectivity index (χ2n) is 6.66. The minimum absolute atomic E-state index is 0.0668. The lowest BCUT2D eigenvalue weighted by atomic mass is 10.2. The summed E-state index contributed by atoms with van der Waals surface area (Å²) in [7, 11) is 2.96. The van der Waals surface area contributed by atoms with Gasteiger partial charge in [0.05, 0.1) is 6.54 Å². The monoisotopic (exact) mass is 402 g/mol. The van der Waals surface area contributed by atoms with Gasteiger partial charge in [0, 0.05) is 33.6 Å². The Morgan fingerprint density at radius 2 is 1.79 bits per heavy atom. The SMILES string of the molecule is CCC(=O)NCCNc1nc2c(c(=O)n(C)c(=O)n2C)n1Cc1ccc(F)cc1. The van der Waals surface area contributed by atoms with Gasteiger partial charge in [0.2, 0.25) is 11.9 Å². The largest absolute Gasteiger partial charge is 0.354 e. The fourth-order valence-corrected chi connectivity index (χ4v) is 3.01. The lowest BCUT2D eigenvalue weighted by Gasteiger charge is -2.11. The number of carbonyl (C=O) groups excluding carboxylic acids is 1. The zero-order chi connectivity index (χ0) is 21.1. The Kier molecular flexibility index (Phi) is 5.81. The number of nitrogens with one attached hydrogen (secondary N) is 2. The van der Waals surface area contributed by atoms with E-state index >= 15 is 0 Å². The first-order valence-electron chi connectivity index (χ1n) is 9.24. The molecule has 0 spiro atoms. The van der Waals surface area contributed by atoms with E-state index in [9.17, 15) is 18.8 Å². The molecule has 0 radical (unpaired) electrons. The van der Waals surface area contributed by atoms with Gasteiger partial charge in [0.25, 0.3) is 5.56 Å². The standard InChI is InChI=1S/C19H23FN6O3/c1-4-14(27)21-9-10-22-18-23-16-15(17(28)25(3)19(29)24(16)2)26(18)11-12-5-7-13(20)8-6-12/h5-8H,4,9-11H2,1-3H3,(H,21,27)(H,22,23). The zero-order valence-corrected chi connectivity index (χ0v) is 16.5. The van der Waals surface area contributed by atoms with E-state index in [4.69, 9.17) is 0 Å². The van der Waals surface area contributed by atoms with Gasteiger partial charge < -0.3 is 10.6 Å². The Bertz CT molecular complexity index is 1160. The second-order valence-corrected chi connectivity index (χ2v) is 6.66. The van der Waals surface area contributed by atoms with Crippen LogP contribution in [-0.2, 0) is 25.4 Å². The summed E-state index contributed by atoms with van der Waals surface area (Å²) in [5, 5.41) is 5.86. The average Bonchev–Trinajstić information content (AvgIpc) is 3.07. The molecule has 0 bridgehead atoms. The van der Waals surface area contributed by atoms with Crippen LogP contribution in [0.4, 0.5) is 10.3 Å². The van der Waals surface area contributed by atoms with Gasteiger partial charge in [-0.3, -0.25) is 23.3 Å².